The van der Waals surface area contributed by atoms with Crippen LogP contribution in [-0.2, 0) is 4.74 Å². The molecule has 1 fully saturated rings. The summed E-state index contributed by atoms with van der Waals surface area (Å²) >= 11 is 0. The van der Waals surface area contributed by atoms with E-state index in [4.69, 9.17) is 9.15 Å². The Balaban J connectivity index is 1.54. The van der Waals surface area contributed by atoms with E-state index in [-0.39, 0.29) is 0 Å². The maximum absolute atomic E-state index is 11.9. The second-order valence-corrected chi connectivity index (χ2v) is 5.80. The zero-order valence-electron chi connectivity index (χ0n) is 13.9. The van der Waals surface area contributed by atoms with Gasteiger partial charge in [-0.2, -0.15) is 4.98 Å². The highest BCUT2D eigenvalue weighted by atomic mass is 16.5. The fraction of sp³-hybridized carbons (Fsp3) is 0.278. The molecule has 1 aliphatic heterocycles. The smallest absolute Gasteiger partial charge is 0.340 e. The van der Waals surface area contributed by atoms with E-state index in [1.54, 1.807) is 18.3 Å². The van der Waals surface area contributed by atoms with Crippen molar-refractivity contribution in [1.82, 2.24) is 9.97 Å². The van der Waals surface area contributed by atoms with E-state index < -0.39 is 5.97 Å². The maximum atomic E-state index is 11.9. The van der Waals surface area contributed by atoms with Gasteiger partial charge in [0.2, 0.25) is 0 Å². The first-order chi connectivity index (χ1) is 12.3. The molecule has 0 unspecified atom stereocenters. The predicted octanol–water partition coefficient (Wildman–Crippen LogP) is 2.34. The molecule has 1 aromatic carbocycles. The monoisotopic (exact) mass is 338 g/mol. The number of carbonyl (C=O) groups excluding carboxylic acids is 1. The van der Waals surface area contributed by atoms with Gasteiger partial charge in [0.05, 0.1) is 12.7 Å². The van der Waals surface area contributed by atoms with Crippen LogP contribution in [0.2, 0.25) is 0 Å². The topological polar surface area (TPSA) is 71.7 Å². The highest BCUT2D eigenvalue weighted by molar-refractivity contribution is 6.01. The van der Waals surface area contributed by atoms with Gasteiger partial charge in [-0.05, 0) is 24.3 Å². The van der Waals surface area contributed by atoms with Crippen molar-refractivity contribution in [2.45, 2.75) is 0 Å². The number of hydrogen-bond donors (Lipinski definition) is 0. The molecule has 0 radical (unpaired) electrons. The van der Waals surface area contributed by atoms with Crippen molar-refractivity contribution < 1.29 is 13.9 Å². The lowest BCUT2D eigenvalue weighted by Crippen LogP contribution is -2.46. The Morgan fingerprint density at radius 2 is 1.88 bits per heavy atom. The first-order valence-electron chi connectivity index (χ1n) is 8.15. The average molecular weight is 338 g/mol. The summed E-state index contributed by atoms with van der Waals surface area (Å²) in [7, 11) is 1.36. The number of hydrogen-bond acceptors (Lipinski definition) is 7. The van der Waals surface area contributed by atoms with Crippen LogP contribution < -0.4 is 9.80 Å². The largest absolute Gasteiger partial charge is 0.465 e. The molecule has 3 aromatic rings. The van der Waals surface area contributed by atoms with Crippen LogP contribution >= 0.6 is 0 Å². The fourth-order valence-electron chi connectivity index (χ4n) is 3.01. The summed E-state index contributed by atoms with van der Waals surface area (Å²) in [4.78, 5) is 25.1. The van der Waals surface area contributed by atoms with Crippen LogP contribution in [-0.4, -0.2) is 49.2 Å². The standard InChI is InChI=1S/C18H18N4O3/c1-24-17(23)13-5-4-6-14-16(13)20-18(25-14)22-11-9-21(10-12-22)15-7-2-3-8-19-15/h2-8H,9-12H2,1H3. The SMILES string of the molecule is COC(=O)c1cccc2oc(N3CCN(c4ccccn4)CC3)nc12. The third kappa shape index (κ3) is 2.88. The second-order valence-electron chi connectivity index (χ2n) is 5.80. The number of ether oxygens (including phenoxy) is 1. The van der Waals surface area contributed by atoms with Gasteiger partial charge in [0.1, 0.15) is 11.3 Å². The molecule has 0 spiro atoms. The number of carbonyl (C=O) groups is 1. The number of anilines is 2. The van der Waals surface area contributed by atoms with Crippen LogP contribution in [0.1, 0.15) is 10.4 Å². The van der Waals surface area contributed by atoms with E-state index in [1.807, 2.05) is 24.3 Å². The highest BCUT2D eigenvalue weighted by Crippen LogP contribution is 2.26. The quantitative estimate of drug-likeness (QED) is 0.679. The van der Waals surface area contributed by atoms with Crippen LogP contribution in [0.25, 0.3) is 11.1 Å². The Hall–Kier alpha value is -3.09. The molecule has 7 nitrogen and oxygen atoms in total. The van der Waals surface area contributed by atoms with Crippen molar-refractivity contribution in [3.05, 3.63) is 48.2 Å². The normalized spacial score (nSPS) is 14.8. The van der Waals surface area contributed by atoms with E-state index in [1.165, 1.54) is 7.11 Å². The van der Waals surface area contributed by atoms with Crippen molar-refractivity contribution in [3.63, 3.8) is 0 Å². The molecule has 0 aliphatic carbocycles. The van der Waals surface area contributed by atoms with E-state index in [9.17, 15) is 4.79 Å². The third-order valence-electron chi connectivity index (χ3n) is 4.34. The lowest BCUT2D eigenvalue weighted by Gasteiger charge is -2.34. The lowest BCUT2D eigenvalue weighted by atomic mass is 10.2. The Labute approximate surface area is 144 Å². The minimum absolute atomic E-state index is 0.412. The molecular formula is C18H18N4O3. The van der Waals surface area contributed by atoms with E-state index in [0.29, 0.717) is 22.7 Å². The number of oxazole rings is 1. The van der Waals surface area contributed by atoms with Crippen molar-refractivity contribution in [2.75, 3.05) is 43.1 Å². The second kappa shape index (κ2) is 6.43. The minimum Gasteiger partial charge on any atom is -0.465 e. The lowest BCUT2D eigenvalue weighted by molar-refractivity contribution is 0.0602. The zero-order chi connectivity index (χ0) is 17.2. The van der Waals surface area contributed by atoms with Crippen LogP contribution in [0, 0.1) is 0 Å². The number of aromatic nitrogens is 2. The highest BCUT2D eigenvalue weighted by Gasteiger charge is 2.23. The van der Waals surface area contributed by atoms with Gasteiger partial charge in [-0.3, -0.25) is 0 Å². The molecule has 0 atom stereocenters. The van der Waals surface area contributed by atoms with E-state index >= 15 is 0 Å². The molecule has 0 N–H and O–H groups in total. The summed E-state index contributed by atoms with van der Waals surface area (Å²) in [6.45, 7) is 3.22. The fourth-order valence-corrected chi connectivity index (χ4v) is 3.01. The number of para-hydroxylation sites is 1. The molecule has 4 rings (SSSR count). The molecule has 128 valence electrons. The molecule has 25 heavy (non-hydrogen) atoms. The molecule has 0 saturated carbocycles. The molecule has 0 bridgehead atoms. The summed E-state index contributed by atoms with van der Waals surface area (Å²) in [5.74, 6) is 0.568. The van der Waals surface area contributed by atoms with Gasteiger partial charge in [0.15, 0.2) is 5.58 Å². The first kappa shape index (κ1) is 15.4. The molecule has 1 aliphatic rings. The molecule has 7 heteroatoms. The number of esters is 1. The van der Waals surface area contributed by atoms with E-state index in [0.717, 1.165) is 32.0 Å². The summed E-state index contributed by atoms with van der Waals surface area (Å²) in [6.07, 6.45) is 1.80. The summed E-state index contributed by atoms with van der Waals surface area (Å²) in [5.41, 5.74) is 1.55. The summed E-state index contributed by atoms with van der Waals surface area (Å²) < 4.78 is 10.7. The van der Waals surface area contributed by atoms with Gasteiger partial charge in [-0.25, -0.2) is 9.78 Å². The number of rotatable bonds is 3. The maximum Gasteiger partial charge on any atom is 0.340 e. The van der Waals surface area contributed by atoms with Crippen molar-refractivity contribution in [1.29, 1.82) is 0 Å². The molecular weight excluding hydrogens is 320 g/mol. The van der Waals surface area contributed by atoms with Gasteiger partial charge < -0.3 is 19.0 Å². The van der Waals surface area contributed by atoms with Gasteiger partial charge in [0.25, 0.3) is 6.01 Å². The minimum atomic E-state index is -0.412. The van der Waals surface area contributed by atoms with Gasteiger partial charge in [0, 0.05) is 32.4 Å². The zero-order valence-corrected chi connectivity index (χ0v) is 13.9. The van der Waals surface area contributed by atoms with Crippen molar-refractivity contribution >= 4 is 28.9 Å². The summed E-state index contributed by atoms with van der Waals surface area (Å²) in [6, 6.07) is 11.7. The first-order valence-corrected chi connectivity index (χ1v) is 8.15. The van der Waals surface area contributed by atoms with Crippen LogP contribution in [0.4, 0.5) is 11.8 Å². The molecule has 2 aromatic heterocycles. The average Bonchev–Trinajstić information content (AvgIpc) is 3.12. The summed E-state index contributed by atoms with van der Waals surface area (Å²) in [5, 5.41) is 0. The number of nitrogens with zero attached hydrogens (tertiary/aromatic N) is 4. The van der Waals surface area contributed by atoms with Gasteiger partial charge in [-0.1, -0.05) is 12.1 Å². The predicted molar refractivity (Wildman–Crippen MR) is 94.0 cm³/mol. The Kier molecular flexibility index (Phi) is 3.97. The van der Waals surface area contributed by atoms with Crippen LogP contribution in [0.5, 0.6) is 0 Å². The van der Waals surface area contributed by atoms with Gasteiger partial charge >= 0.3 is 5.97 Å². The Morgan fingerprint density at radius 3 is 2.60 bits per heavy atom. The number of pyridine rings is 1. The van der Waals surface area contributed by atoms with Crippen molar-refractivity contribution in [2.24, 2.45) is 0 Å². The number of fused-ring (bicyclic) bond motifs is 1. The Morgan fingerprint density at radius 1 is 1.08 bits per heavy atom. The number of piperazine rings is 1. The van der Waals surface area contributed by atoms with Gasteiger partial charge in [-0.15, -0.1) is 0 Å². The van der Waals surface area contributed by atoms with Crippen LogP contribution in [0.15, 0.2) is 47.0 Å². The molecule has 0 amide bonds. The number of benzene rings is 1. The van der Waals surface area contributed by atoms with Crippen LogP contribution in [0.3, 0.4) is 0 Å². The van der Waals surface area contributed by atoms with E-state index in [2.05, 4.69) is 19.8 Å². The Bertz CT molecular complexity index is 886. The third-order valence-corrected chi connectivity index (χ3v) is 4.34. The molecule has 3 heterocycles. The number of methoxy groups -OCH3 is 1. The molecule has 1 saturated heterocycles. The van der Waals surface area contributed by atoms with Crippen molar-refractivity contribution in [3.8, 4) is 0 Å².